The molecule has 3 heteroatoms. The molecule has 2 rings (SSSR count). The molecule has 0 aliphatic rings. The van der Waals surface area contributed by atoms with Crippen molar-refractivity contribution in [3.63, 3.8) is 0 Å². The zero-order valence-electron chi connectivity index (χ0n) is 15.2. The Kier molecular flexibility index (Phi) is 6.40. The fourth-order valence-corrected chi connectivity index (χ4v) is 3.05. The normalized spacial score (nSPS) is 13.2. The van der Waals surface area contributed by atoms with Crippen molar-refractivity contribution >= 4 is 11.3 Å². The third-order valence-electron chi connectivity index (χ3n) is 4.57. The second kappa shape index (κ2) is 8.52. The molecule has 0 radical (unpaired) electrons. The average molecular weight is 337 g/mol. The smallest absolute Gasteiger partial charge is 0.115 e. The van der Waals surface area contributed by atoms with E-state index < -0.39 is 0 Å². The van der Waals surface area contributed by atoms with Gasteiger partial charge in [-0.15, -0.1) is 0 Å². The Morgan fingerprint density at radius 1 is 0.880 bits per heavy atom. The van der Waals surface area contributed by atoms with Crippen LogP contribution in [-0.4, -0.2) is 15.9 Å². The molecule has 0 saturated carbocycles. The summed E-state index contributed by atoms with van der Waals surface area (Å²) in [6.07, 6.45) is 2.75. The Labute approximate surface area is 150 Å². The summed E-state index contributed by atoms with van der Waals surface area (Å²) >= 11 is 0. The van der Waals surface area contributed by atoms with E-state index in [0.717, 1.165) is 36.0 Å². The van der Waals surface area contributed by atoms with E-state index >= 15 is 0 Å². The van der Waals surface area contributed by atoms with Crippen LogP contribution >= 0.6 is 0 Å². The summed E-state index contributed by atoms with van der Waals surface area (Å²) in [5, 5.41) is 27.9. The van der Waals surface area contributed by atoms with Crippen LogP contribution in [0.4, 0.5) is 0 Å². The number of allylic oxidation sites excluding steroid dienone is 2. The first-order valence-electron chi connectivity index (χ1n) is 8.88. The number of phenols is 2. The SMILES string of the molecule is CCC/C(C(=N)c1ccc(O)cc1)=C(\c1ccc(O)cc1)C(C)CC. The van der Waals surface area contributed by atoms with E-state index in [1.807, 2.05) is 12.1 Å². The predicted molar refractivity (Wildman–Crippen MR) is 104 cm³/mol. The maximum Gasteiger partial charge on any atom is 0.115 e. The van der Waals surface area contributed by atoms with Crippen molar-refractivity contribution in [2.24, 2.45) is 5.92 Å². The van der Waals surface area contributed by atoms with Crippen LogP contribution in [-0.2, 0) is 0 Å². The highest BCUT2D eigenvalue weighted by atomic mass is 16.3. The number of benzene rings is 2. The van der Waals surface area contributed by atoms with E-state index in [2.05, 4.69) is 20.8 Å². The summed E-state index contributed by atoms with van der Waals surface area (Å²) < 4.78 is 0. The molecule has 0 amide bonds. The standard InChI is InChI=1S/C22H27NO2/c1-4-6-20(22(23)17-9-13-19(25)14-10-17)21(15(3)5-2)16-7-11-18(24)12-8-16/h7-15,23-25H,4-6H2,1-3H3/b21-20+,23-22?. The summed E-state index contributed by atoms with van der Waals surface area (Å²) in [4.78, 5) is 0. The van der Waals surface area contributed by atoms with E-state index in [1.54, 1.807) is 36.4 Å². The van der Waals surface area contributed by atoms with Gasteiger partial charge in [-0.2, -0.15) is 0 Å². The van der Waals surface area contributed by atoms with Crippen molar-refractivity contribution < 1.29 is 10.2 Å². The highest BCUT2D eigenvalue weighted by Gasteiger charge is 2.19. The van der Waals surface area contributed by atoms with Crippen molar-refractivity contribution in [3.8, 4) is 11.5 Å². The molecule has 2 aromatic rings. The lowest BCUT2D eigenvalue weighted by Gasteiger charge is -2.22. The molecule has 1 atom stereocenters. The Bertz CT molecular complexity index is 743. The van der Waals surface area contributed by atoms with Gasteiger partial charge in [0.2, 0.25) is 0 Å². The first kappa shape index (κ1) is 18.8. The van der Waals surface area contributed by atoms with Crippen LogP contribution < -0.4 is 0 Å². The van der Waals surface area contributed by atoms with Gasteiger partial charge in [0.25, 0.3) is 0 Å². The summed E-state index contributed by atoms with van der Waals surface area (Å²) in [5.41, 5.74) is 4.57. The van der Waals surface area contributed by atoms with Crippen molar-refractivity contribution in [2.75, 3.05) is 0 Å². The second-order valence-corrected chi connectivity index (χ2v) is 6.42. The van der Waals surface area contributed by atoms with Crippen LogP contribution in [0.3, 0.4) is 0 Å². The molecule has 0 bridgehead atoms. The molecule has 3 N–H and O–H groups in total. The number of nitrogens with one attached hydrogen (secondary N) is 1. The molecule has 0 aliphatic heterocycles. The third kappa shape index (κ3) is 4.50. The lowest BCUT2D eigenvalue weighted by Crippen LogP contribution is -2.11. The van der Waals surface area contributed by atoms with Gasteiger partial charge in [-0.05, 0) is 77.4 Å². The molecule has 0 spiro atoms. The van der Waals surface area contributed by atoms with Gasteiger partial charge in [0, 0.05) is 0 Å². The Hall–Kier alpha value is -2.55. The maximum atomic E-state index is 9.61. The highest BCUT2D eigenvalue weighted by Crippen LogP contribution is 2.33. The van der Waals surface area contributed by atoms with Gasteiger partial charge in [-0.3, -0.25) is 5.41 Å². The first-order valence-corrected chi connectivity index (χ1v) is 8.88. The van der Waals surface area contributed by atoms with Gasteiger partial charge in [0.15, 0.2) is 0 Å². The molecule has 3 nitrogen and oxygen atoms in total. The van der Waals surface area contributed by atoms with Gasteiger partial charge >= 0.3 is 0 Å². The number of rotatable bonds is 7. The van der Waals surface area contributed by atoms with E-state index in [-0.39, 0.29) is 11.5 Å². The van der Waals surface area contributed by atoms with Gasteiger partial charge in [0.1, 0.15) is 11.5 Å². The molecule has 0 aromatic heterocycles. The van der Waals surface area contributed by atoms with Gasteiger partial charge < -0.3 is 10.2 Å². The number of hydrogen-bond donors (Lipinski definition) is 3. The first-order chi connectivity index (χ1) is 12.0. The minimum Gasteiger partial charge on any atom is -0.508 e. The fourth-order valence-electron chi connectivity index (χ4n) is 3.05. The summed E-state index contributed by atoms with van der Waals surface area (Å²) in [5.74, 6) is 0.764. The van der Waals surface area contributed by atoms with Crippen LogP contribution in [0.5, 0.6) is 11.5 Å². The van der Waals surface area contributed by atoms with Crippen molar-refractivity contribution in [2.45, 2.75) is 40.0 Å². The van der Waals surface area contributed by atoms with E-state index in [4.69, 9.17) is 5.41 Å². The number of aromatic hydroxyl groups is 2. The van der Waals surface area contributed by atoms with E-state index in [0.29, 0.717) is 11.6 Å². The zero-order chi connectivity index (χ0) is 18.4. The van der Waals surface area contributed by atoms with E-state index in [1.165, 1.54) is 5.57 Å². The van der Waals surface area contributed by atoms with Crippen LogP contribution in [0.25, 0.3) is 5.57 Å². The van der Waals surface area contributed by atoms with Crippen LogP contribution in [0.1, 0.15) is 51.2 Å². The molecular formula is C22H27NO2. The van der Waals surface area contributed by atoms with Gasteiger partial charge in [-0.1, -0.05) is 39.3 Å². The van der Waals surface area contributed by atoms with Crippen LogP contribution in [0.15, 0.2) is 54.1 Å². The average Bonchev–Trinajstić information content (AvgIpc) is 2.62. The molecular weight excluding hydrogens is 310 g/mol. The zero-order valence-corrected chi connectivity index (χ0v) is 15.2. The summed E-state index contributed by atoms with van der Waals surface area (Å²) in [6, 6.07) is 14.1. The van der Waals surface area contributed by atoms with Crippen LogP contribution in [0.2, 0.25) is 0 Å². The number of phenolic OH excluding ortho intramolecular Hbond substituents is 2. The molecule has 0 fully saturated rings. The largest absolute Gasteiger partial charge is 0.508 e. The molecule has 0 aliphatic carbocycles. The lowest BCUT2D eigenvalue weighted by molar-refractivity contribution is 0.474. The number of hydrogen-bond acceptors (Lipinski definition) is 3. The predicted octanol–water partition coefficient (Wildman–Crippen LogP) is 5.77. The molecule has 132 valence electrons. The highest BCUT2D eigenvalue weighted by molar-refractivity contribution is 6.15. The monoisotopic (exact) mass is 337 g/mol. The molecule has 0 heterocycles. The quantitative estimate of drug-likeness (QED) is 0.562. The third-order valence-corrected chi connectivity index (χ3v) is 4.57. The second-order valence-electron chi connectivity index (χ2n) is 6.42. The summed E-state index contributed by atoms with van der Waals surface area (Å²) in [7, 11) is 0. The Morgan fingerprint density at radius 3 is 1.80 bits per heavy atom. The lowest BCUT2D eigenvalue weighted by atomic mass is 9.83. The van der Waals surface area contributed by atoms with Gasteiger partial charge in [-0.25, -0.2) is 0 Å². The van der Waals surface area contributed by atoms with Crippen molar-refractivity contribution in [3.05, 3.63) is 65.2 Å². The van der Waals surface area contributed by atoms with E-state index in [9.17, 15) is 10.2 Å². The fraction of sp³-hybridized carbons (Fsp3) is 0.318. The Morgan fingerprint density at radius 2 is 1.36 bits per heavy atom. The topological polar surface area (TPSA) is 64.3 Å². The van der Waals surface area contributed by atoms with Gasteiger partial charge in [0.05, 0.1) is 5.71 Å². The van der Waals surface area contributed by atoms with Crippen molar-refractivity contribution in [1.82, 2.24) is 0 Å². The molecule has 2 aromatic carbocycles. The van der Waals surface area contributed by atoms with Crippen LogP contribution in [0, 0.1) is 11.3 Å². The molecule has 1 unspecified atom stereocenters. The molecule has 0 saturated heterocycles. The van der Waals surface area contributed by atoms with Crippen molar-refractivity contribution in [1.29, 1.82) is 5.41 Å². The molecule has 25 heavy (non-hydrogen) atoms. The minimum absolute atomic E-state index is 0.207. The Balaban J connectivity index is 2.60. The maximum absolute atomic E-state index is 9.61. The minimum atomic E-state index is 0.207. The summed E-state index contributed by atoms with van der Waals surface area (Å²) in [6.45, 7) is 6.45.